The van der Waals surface area contributed by atoms with Gasteiger partial charge in [0.1, 0.15) is 0 Å². The van der Waals surface area contributed by atoms with Crippen molar-refractivity contribution >= 4 is 23.9 Å². The van der Waals surface area contributed by atoms with Crippen LogP contribution in [-0.4, -0.2) is 44.3 Å². The van der Waals surface area contributed by atoms with Crippen molar-refractivity contribution in [1.29, 1.82) is 0 Å². The summed E-state index contributed by atoms with van der Waals surface area (Å²) in [5.74, 6) is -4.59. The molecule has 0 bridgehead atoms. The average molecular weight is 414 g/mol. The van der Waals surface area contributed by atoms with Crippen LogP contribution in [0.2, 0.25) is 0 Å². The zero-order chi connectivity index (χ0) is 22.3. The van der Waals surface area contributed by atoms with Crippen LogP contribution in [0.4, 0.5) is 0 Å². The predicted octanol–water partition coefficient (Wildman–Crippen LogP) is 4.21. The van der Waals surface area contributed by atoms with Gasteiger partial charge in [0, 0.05) is 0 Å². The minimum absolute atomic E-state index is 0.0306. The maximum atomic E-state index is 11.3. The molecule has 3 rings (SSSR count). The second-order valence-corrected chi connectivity index (χ2v) is 6.87. The fourth-order valence-electron chi connectivity index (χ4n) is 3.60. The van der Waals surface area contributed by atoms with Crippen LogP contribution in [0.15, 0.2) is 42.5 Å². The first-order chi connectivity index (χ1) is 14.2. The van der Waals surface area contributed by atoms with E-state index in [1.54, 1.807) is 12.1 Å². The topological polar surface area (TPSA) is 149 Å². The molecule has 8 heteroatoms. The molecule has 2 aromatic rings. The first-order valence-electron chi connectivity index (χ1n) is 9.39. The lowest BCUT2D eigenvalue weighted by molar-refractivity contribution is 0.0649. The zero-order valence-electron chi connectivity index (χ0n) is 16.1. The highest BCUT2D eigenvalue weighted by atomic mass is 16.4. The van der Waals surface area contributed by atoms with Crippen LogP contribution in [0.3, 0.4) is 0 Å². The van der Waals surface area contributed by atoms with E-state index < -0.39 is 23.9 Å². The standard InChI is InChI=1S/C14H16O4.C8H6O4/c15-13(16)11-8-4-7-10(12(11)14(17)18)9-5-2-1-3-6-9;9-7(10)5-3-1-2-4-6(5)8(11)12/h4,7-9H,1-3,5-6H2,(H,15,16)(H,17,18);1-4H,(H,9,10)(H,11,12). The van der Waals surface area contributed by atoms with Crippen molar-refractivity contribution in [3.05, 3.63) is 70.3 Å². The average Bonchev–Trinajstić information content (AvgIpc) is 2.74. The summed E-state index contributed by atoms with van der Waals surface area (Å²) in [6.45, 7) is 0. The van der Waals surface area contributed by atoms with Crippen LogP contribution in [0.5, 0.6) is 0 Å². The Morgan fingerprint density at radius 1 is 0.600 bits per heavy atom. The molecule has 0 aliphatic heterocycles. The monoisotopic (exact) mass is 414 g/mol. The minimum Gasteiger partial charge on any atom is -0.478 e. The summed E-state index contributed by atoms with van der Waals surface area (Å²) >= 11 is 0. The molecule has 1 aliphatic rings. The Morgan fingerprint density at radius 3 is 1.50 bits per heavy atom. The van der Waals surface area contributed by atoms with Gasteiger partial charge in [-0.3, -0.25) is 0 Å². The number of aromatic carboxylic acids is 4. The molecule has 0 spiro atoms. The molecule has 1 aliphatic carbocycles. The summed E-state index contributed by atoms with van der Waals surface area (Å²) in [5.41, 5.74) is 0.166. The number of carboxylic acid groups (broad SMARTS) is 4. The van der Waals surface area contributed by atoms with E-state index in [9.17, 15) is 24.3 Å². The number of hydrogen-bond donors (Lipinski definition) is 4. The van der Waals surface area contributed by atoms with Gasteiger partial charge in [-0.1, -0.05) is 43.5 Å². The number of hydrogen-bond acceptors (Lipinski definition) is 4. The number of carbonyl (C=O) groups is 4. The number of carboxylic acids is 4. The zero-order valence-corrected chi connectivity index (χ0v) is 16.1. The van der Waals surface area contributed by atoms with Crippen molar-refractivity contribution in [2.45, 2.75) is 38.0 Å². The van der Waals surface area contributed by atoms with Gasteiger partial charge in [0.15, 0.2) is 0 Å². The first-order valence-corrected chi connectivity index (χ1v) is 9.39. The Hall–Kier alpha value is -3.68. The molecule has 0 amide bonds. The van der Waals surface area contributed by atoms with Crippen LogP contribution in [-0.2, 0) is 0 Å². The molecule has 0 atom stereocenters. The van der Waals surface area contributed by atoms with E-state index >= 15 is 0 Å². The third kappa shape index (κ3) is 5.44. The van der Waals surface area contributed by atoms with Gasteiger partial charge in [0.05, 0.1) is 22.3 Å². The molecular formula is C22H22O8. The molecule has 0 heterocycles. The summed E-state index contributed by atoms with van der Waals surface area (Å²) in [7, 11) is 0. The van der Waals surface area contributed by atoms with Crippen LogP contribution < -0.4 is 0 Å². The van der Waals surface area contributed by atoms with E-state index in [-0.39, 0.29) is 28.2 Å². The van der Waals surface area contributed by atoms with Crippen molar-refractivity contribution in [3.63, 3.8) is 0 Å². The lowest BCUT2D eigenvalue weighted by Crippen LogP contribution is -2.15. The van der Waals surface area contributed by atoms with Gasteiger partial charge in [-0.2, -0.15) is 0 Å². The highest BCUT2D eigenvalue weighted by molar-refractivity contribution is 6.03. The smallest absolute Gasteiger partial charge is 0.336 e. The van der Waals surface area contributed by atoms with E-state index in [0.717, 1.165) is 25.7 Å². The Kier molecular flexibility index (Phi) is 7.69. The maximum absolute atomic E-state index is 11.3. The molecule has 30 heavy (non-hydrogen) atoms. The third-order valence-electron chi connectivity index (χ3n) is 4.97. The SMILES string of the molecule is O=C(O)c1cccc(C2CCCCC2)c1C(=O)O.O=C(O)c1ccccc1C(=O)O. The fourth-order valence-corrected chi connectivity index (χ4v) is 3.60. The van der Waals surface area contributed by atoms with E-state index in [1.165, 1.54) is 36.8 Å². The molecule has 158 valence electrons. The second-order valence-electron chi connectivity index (χ2n) is 6.87. The summed E-state index contributed by atoms with van der Waals surface area (Å²) < 4.78 is 0. The lowest BCUT2D eigenvalue weighted by Gasteiger charge is -2.23. The summed E-state index contributed by atoms with van der Waals surface area (Å²) in [6.07, 6.45) is 5.24. The predicted molar refractivity (Wildman–Crippen MR) is 107 cm³/mol. The fraction of sp³-hybridized carbons (Fsp3) is 0.273. The second kappa shape index (κ2) is 10.2. The molecule has 1 fully saturated rings. The highest BCUT2D eigenvalue weighted by Crippen LogP contribution is 2.35. The van der Waals surface area contributed by atoms with E-state index in [0.29, 0.717) is 5.56 Å². The number of rotatable bonds is 5. The Morgan fingerprint density at radius 2 is 1.07 bits per heavy atom. The Balaban J connectivity index is 0.000000232. The van der Waals surface area contributed by atoms with E-state index in [2.05, 4.69) is 0 Å². The number of benzene rings is 2. The molecule has 0 aromatic heterocycles. The molecule has 8 nitrogen and oxygen atoms in total. The third-order valence-corrected chi connectivity index (χ3v) is 4.97. The van der Waals surface area contributed by atoms with Crippen molar-refractivity contribution < 1.29 is 39.6 Å². The largest absolute Gasteiger partial charge is 0.478 e. The van der Waals surface area contributed by atoms with Gasteiger partial charge in [0.25, 0.3) is 0 Å². The summed E-state index contributed by atoms with van der Waals surface area (Å²) in [4.78, 5) is 43.3. The summed E-state index contributed by atoms with van der Waals surface area (Å²) in [6, 6.07) is 10.2. The van der Waals surface area contributed by atoms with Crippen LogP contribution in [0.1, 0.15) is 85.0 Å². The normalized spacial score (nSPS) is 13.6. The van der Waals surface area contributed by atoms with Crippen LogP contribution in [0, 0.1) is 0 Å². The maximum Gasteiger partial charge on any atom is 0.336 e. The Labute approximate surface area is 172 Å². The van der Waals surface area contributed by atoms with Gasteiger partial charge in [-0.05, 0) is 42.5 Å². The van der Waals surface area contributed by atoms with Crippen molar-refractivity contribution in [3.8, 4) is 0 Å². The van der Waals surface area contributed by atoms with Gasteiger partial charge < -0.3 is 20.4 Å². The molecular weight excluding hydrogens is 392 g/mol. The van der Waals surface area contributed by atoms with Crippen molar-refractivity contribution in [1.82, 2.24) is 0 Å². The van der Waals surface area contributed by atoms with Crippen molar-refractivity contribution in [2.75, 3.05) is 0 Å². The first kappa shape index (κ1) is 22.6. The lowest BCUT2D eigenvalue weighted by atomic mass is 9.81. The van der Waals surface area contributed by atoms with Crippen molar-refractivity contribution in [2.24, 2.45) is 0 Å². The minimum atomic E-state index is -1.23. The van der Waals surface area contributed by atoms with Gasteiger partial charge in [-0.15, -0.1) is 0 Å². The van der Waals surface area contributed by atoms with Crippen LogP contribution in [0.25, 0.3) is 0 Å². The van der Waals surface area contributed by atoms with E-state index in [4.69, 9.17) is 15.3 Å². The highest BCUT2D eigenvalue weighted by Gasteiger charge is 2.25. The summed E-state index contributed by atoms with van der Waals surface area (Å²) in [5, 5.41) is 35.4. The molecule has 1 saturated carbocycles. The van der Waals surface area contributed by atoms with Crippen LogP contribution >= 0.6 is 0 Å². The van der Waals surface area contributed by atoms with Gasteiger partial charge >= 0.3 is 23.9 Å². The molecule has 4 N–H and O–H groups in total. The van der Waals surface area contributed by atoms with Gasteiger partial charge in [0.2, 0.25) is 0 Å². The molecule has 2 aromatic carbocycles. The molecule has 0 saturated heterocycles. The van der Waals surface area contributed by atoms with Gasteiger partial charge in [-0.25, -0.2) is 19.2 Å². The quantitative estimate of drug-likeness (QED) is 0.568. The Bertz CT molecular complexity index is 924. The van der Waals surface area contributed by atoms with E-state index in [1.807, 2.05) is 0 Å². The molecule has 0 unspecified atom stereocenters. The molecule has 0 radical (unpaired) electrons.